The lowest BCUT2D eigenvalue weighted by atomic mass is 10.2. The van der Waals surface area contributed by atoms with E-state index in [2.05, 4.69) is 10.4 Å². The Bertz CT molecular complexity index is 896. The minimum atomic E-state index is -3.18. The number of nitro benzene ring substituents is 1. The zero-order chi connectivity index (χ0) is 19.6. The van der Waals surface area contributed by atoms with E-state index in [0.29, 0.717) is 5.56 Å². The lowest BCUT2D eigenvalue weighted by Gasteiger charge is -2.07. The van der Waals surface area contributed by atoms with Crippen molar-refractivity contribution >= 4 is 23.0 Å². The van der Waals surface area contributed by atoms with Gasteiger partial charge in [-0.25, -0.2) is 8.78 Å². The van der Waals surface area contributed by atoms with E-state index < -0.39 is 40.1 Å². The summed E-state index contributed by atoms with van der Waals surface area (Å²) >= 11 is 0. The Kier molecular flexibility index (Phi) is 5.24. The number of nitro groups is 2. The Morgan fingerprint density at radius 2 is 1.92 bits per heavy atom. The number of aryl methyl sites for hydroxylation is 1. The lowest BCUT2D eigenvalue weighted by molar-refractivity contribution is -0.386. The van der Waals surface area contributed by atoms with E-state index in [1.807, 2.05) is 0 Å². The number of amides is 1. The number of nitrogens with zero attached hydrogens (tertiary/aromatic N) is 4. The first-order chi connectivity index (χ1) is 12.1. The van der Waals surface area contributed by atoms with Gasteiger partial charge in [0.1, 0.15) is 17.9 Å². The molecule has 0 aliphatic heterocycles. The zero-order valence-electron chi connectivity index (χ0n) is 13.6. The molecule has 1 aromatic heterocycles. The molecule has 2 aromatic rings. The summed E-state index contributed by atoms with van der Waals surface area (Å²) in [5.74, 6) is -0.807. The molecule has 0 aliphatic rings. The highest BCUT2D eigenvalue weighted by Gasteiger charge is 2.31. The monoisotopic (exact) mass is 369 g/mol. The minimum Gasteiger partial charge on any atom is -0.319 e. The summed E-state index contributed by atoms with van der Waals surface area (Å²) in [6, 6.07) is 4.13. The van der Waals surface area contributed by atoms with Gasteiger partial charge in [-0.1, -0.05) is 6.07 Å². The highest BCUT2D eigenvalue weighted by molar-refractivity contribution is 5.93. The van der Waals surface area contributed by atoms with Crippen LogP contribution in [0.1, 0.15) is 23.4 Å². The van der Waals surface area contributed by atoms with Crippen molar-refractivity contribution in [2.24, 2.45) is 0 Å². The van der Waals surface area contributed by atoms with Crippen molar-refractivity contribution in [2.75, 3.05) is 5.32 Å². The molecule has 10 nitrogen and oxygen atoms in total. The zero-order valence-corrected chi connectivity index (χ0v) is 13.6. The number of rotatable bonds is 6. The van der Waals surface area contributed by atoms with Crippen LogP contribution in [0, 0.1) is 34.1 Å². The molecule has 2 rings (SSSR count). The van der Waals surface area contributed by atoms with Crippen LogP contribution in [0.4, 0.5) is 25.8 Å². The first-order valence-electron chi connectivity index (χ1n) is 7.16. The number of aromatic nitrogens is 2. The number of hydrogen-bond acceptors (Lipinski definition) is 6. The molecule has 0 aliphatic carbocycles. The van der Waals surface area contributed by atoms with Crippen LogP contribution in [-0.2, 0) is 11.3 Å². The maximum atomic E-state index is 12.9. The van der Waals surface area contributed by atoms with Crippen molar-refractivity contribution < 1.29 is 23.4 Å². The molecule has 1 N–H and O–H groups in total. The second-order valence-electron chi connectivity index (χ2n) is 5.36. The largest absolute Gasteiger partial charge is 0.319 e. The van der Waals surface area contributed by atoms with Gasteiger partial charge in [0.2, 0.25) is 11.6 Å². The van der Waals surface area contributed by atoms with Crippen molar-refractivity contribution in [3.8, 4) is 0 Å². The van der Waals surface area contributed by atoms with Crippen molar-refractivity contribution in [3.63, 3.8) is 0 Å². The maximum absolute atomic E-state index is 12.9. The number of carbonyl (C=O) groups is 1. The minimum absolute atomic E-state index is 0.0843. The average Bonchev–Trinajstić information content (AvgIpc) is 2.86. The van der Waals surface area contributed by atoms with Crippen molar-refractivity contribution in [1.29, 1.82) is 0 Å². The average molecular weight is 369 g/mol. The van der Waals surface area contributed by atoms with E-state index in [1.54, 1.807) is 13.0 Å². The number of carbonyl (C=O) groups excluding carboxylic acids is 1. The van der Waals surface area contributed by atoms with Crippen LogP contribution in [-0.4, -0.2) is 25.5 Å². The summed E-state index contributed by atoms with van der Waals surface area (Å²) in [7, 11) is 0. The van der Waals surface area contributed by atoms with E-state index in [9.17, 15) is 33.8 Å². The van der Waals surface area contributed by atoms with Gasteiger partial charge in [0, 0.05) is 6.07 Å². The fraction of sp³-hybridized carbons (Fsp3) is 0.286. The number of alkyl halides is 2. The summed E-state index contributed by atoms with van der Waals surface area (Å²) in [5.41, 5.74) is -1.95. The van der Waals surface area contributed by atoms with Gasteiger partial charge in [-0.05, 0) is 25.5 Å². The molecule has 0 radical (unpaired) electrons. The third kappa shape index (κ3) is 3.79. The first-order valence-corrected chi connectivity index (χ1v) is 7.16. The van der Waals surface area contributed by atoms with Crippen molar-refractivity contribution in [3.05, 3.63) is 55.4 Å². The lowest BCUT2D eigenvalue weighted by Crippen LogP contribution is -2.21. The normalized spacial score (nSPS) is 10.8. The van der Waals surface area contributed by atoms with Gasteiger partial charge >= 0.3 is 5.69 Å². The van der Waals surface area contributed by atoms with Crippen LogP contribution in [0.5, 0.6) is 0 Å². The van der Waals surface area contributed by atoms with Gasteiger partial charge in [-0.3, -0.25) is 29.7 Å². The summed E-state index contributed by atoms with van der Waals surface area (Å²) < 4.78 is 26.5. The summed E-state index contributed by atoms with van der Waals surface area (Å²) in [5, 5.41) is 27.7. The van der Waals surface area contributed by atoms with E-state index in [-0.39, 0.29) is 17.1 Å². The predicted octanol–water partition coefficient (Wildman–Crippen LogP) is 2.89. The van der Waals surface area contributed by atoms with Gasteiger partial charge in [0.05, 0.1) is 9.85 Å². The van der Waals surface area contributed by atoms with Crippen LogP contribution in [0.2, 0.25) is 0 Å². The predicted molar refractivity (Wildman–Crippen MR) is 85.0 cm³/mol. The Morgan fingerprint density at radius 1 is 1.27 bits per heavy atom. The van der Waals surface area contributed by atoms with Crippen LogP contribution in [0.15, 0.2) is 18.2 Å². The van der Waals surface area contributed by atoms with E-state index in [0.717, 1.165) is 4.68 Å². The molecule has 1 heterocycles. The first kappa shape index (κ1) is 18.9. The molecule has 1 aromatic carbocycles. The number of halogens is 2. The smallest absolute Gasteiger partial charge is 0.319 e. The number of benzene rings is 1. The van der Waals surface area contributed by atoms with Crippen molar-refractivity contribution in [1.82, 2.24) is 9.78 Å². The van der Waals surface area contributed by atoms with E-state index in [4.69, 9.17) is 0 Å². The fourth-order valence-electron chi connectivity index (χ4n) is 2.31. The SMILES string of the molecule is Cc1ccc(NC(=O)Cn2nc(C(F)F)c([N+](=O)[O-])c2C)c([N+](=O)[O-])c1. The Hall–Kier alpha value is -3.44. The number of anilines is 1. The van der Waals surface area contributed by atoms with Gasteiger partial charge < -0.3 is 5.32 Å². The third-order valence-electron chi connectivity index (χ3n) is 3.51. The molecule has 12 heteroatoms. The molecule has 138 valence electrons. The number of hydrogen-bond donors (Lipinski definition) is 1. The molecule has 0 saturated carbocycles. The summed E-state index contributed by atoms with van der Waals surface area (Å²) in [6.45, 7) is 2.19. The highest BCUT2D eigenvalue weighted by Crippen LogP contribution is 2.31. The van der Waals surface area contributed by atoms with Gasteiger partial charge in [0.25, 0.3) is 12.1 Å². The van der Waals surface area contributed by atoms with Crippen LogP contribution < -0.4 is 5.32 Å². The summed E-state index contributed by atoms with van der Waals surface area (Å²) in [4.78, 5) is 32.4. The second kappa shape index (κ2) is 7.21. The van der Waals surface area contributed by atoms with E-state index in [1.165, 1.54) is 19.1 Å². The Balaban J connectivity index is 2.28. The van der Waals surface area contributed by atoms with Crippen LogP contribution in [0.3, 0.4) is 0 Å². The Morgan fingerprint density at radius 3 is 2.42 bits per heavy atom. The van der Waals surface area contributed by atoms with Gasteiger partial charge in [0.15, 0.2) is 0 Å². The molecular weight excluding hydrogens is 356 g/mol. The molecule has 0 atom stereocenters. The standard InChI is InChI=1S/C14H13F2N5O5/c1-7-3-4-9(10(5-7)20(23)24)17-11(22)6-19-8(2)13(21(25)26)12(18-19)14(15)16/h3-5,14H,6H2,1-2H3,(H,17,22). The molecule has 0 fully saturated rings. The summed E-state index contributed by atoms with van der Waals surface area (Å²) in [6.07, 6.45) is -3.18. The molecular formula is C14H13F2N5O5. The molecule has 26 heavy (non-hydrogen) atoms. The molecule has 0 saturated heterocycles. The highest BCUT2D eigenvalue weighted by atomic mass is 19.3. The quantitative estimate of drug-likeness (QED) is 0.615. The Labute approximate surface area is 144 Å². The topological polar surface area (TPSA) is 133 Å². The molecule has 0 spiro atoms. The van der Waals surface area contributed by atoms with Gasteiger partial charge in [-0.2, -0.15) is 5.10 Å². The second-order valence-corrected chi connectivity index (χ2v) is 5.36. The van der Waals surface area contributed by atoms with Crippen LogP contribution >= 0.6 is 0 Å². The number of nitrogens with one attached hydrogen (secondary N) is 1. The van der Waals surface area contributed by atoms with Crippen LogP contribution in [0.25, 0.3) is 0 Å². The van der Waals surface area contributed by atoms with Crippen molar-refractivity contribution in [2.45, 2.75) is 26.8 Å². The molecule has 1 amide bonds. The third-order valence-corrected chi connectivity index (χ3v) is 3.51. The van der Waals surface area contributed by atoms with E-state index >= 15 is 0 Å². The molecule has 0 bridgehead atoms. The fourth-order valence-corrected chi connectivity index (χ4v) is 2.31. The molecule has 0 unspecified atom stereocenters. The van der Waals surface area contributed by atoms with Gasteiger partial charge in [-0.15, -0.1) is 0 Å². The maximum Gasteiger partial charge on any atom is 0.319 e.